The van der Waals surface area contributed by atoms with Crippen LogP contribution >= 0.6 is 0 Å². The van der Waals surface area contributed by atoms with Gasteiger partial charge in [0.05, 0.1) is 19.3 Å². The summed E-state index contributed by atoms with van der Waals surface area (Å²) >= 11 is 0. The number of carbonyl (C=O) groups is 3. The zero-order chi connectivity index (χ0) is 16.5. The third kappa shape index (κ3) is 4.62. The van der Waals surface area contributed by atoms with E-state index in [0.717, 1.165) is 6.08 Å². The predicted molar refractivity (Wildman–Crippen MR) is 78.5 cm³/mol. The fourth-order valence-electron chi connectivity index (χ4n) is 1.62. The van der Waals surface area contributed by atoms with E-state index in [0.29, 0.717) is 4.90 Å². The van der Waals surface area contributed by atoms with Crippen LogP contribution in [-0.4, -0.2) is 36.0 Å². The van der Waals surface area contributed by atoms with Crippen molar-refractivity contribution >= 4 is 17.9 Å². The molecular weight excluding hydrogens is 288 g/mol. The highest BCUT2D eigenvalue weighted by molar-refractivity contribution is 6.05. The van der Waals surface area contributed by atoms with Crippen LogP contribution in [-0.2, 0) is 14.3 Å². The summed E-state index contributed by atoms with van der Waals surface area (Å²) in [4.78, 5) is 36.2. The molecule has 3 amide bonds. The van der Waals surface area contributed by atoms with Gasteiger partial charge in [0, 0.05) is 5.56 Å². The van der Waals surface area contributed by atoms with Crippen LogP contribution < -0.4 is 5.73 Å². The second-order valence-corrected chi connectivity index (χ2v) is 4.01. The lowest BCUT2D eigenvalue weighted by Gasteiger charge is -2.21. The number of urea groups is 1. The minimum atomic E-state index is -1.06. The van der Waals surface area contributed by atoms with Gasteiger partial charge in [0.1, 0.15) is 0 Å². The van der Waals surface area contributed by atoms with Crippen molar-refractivity contribution in [3.8, 4) is 0 Å². The molecule has 0 spiro atoms. The Labute approximate surface area is 128 Å². The van der Waals surface area contributed by atoms with Crippen molar-refractivity contribution in [3.63, 3.8) is 0 Å². The van der Waals surface area contributed by atoms with Crippen molar-refractivity contribution in [1.82, 2.24) is 4.90 Å². The third-order valence-electron chi connectivity index (χ3n) is 2.48. The van der Waals surface area contributed by atoms with E-state index in [9.17, 15) is 14.4 Å². The number of amides is 3. The van der Waals surface area contributed by atoms with E-state index in [-0.39, 0.29) is 24.7 Å². The Morgan fingerprint density at radius 2 is 1.68 bits per heavy atom. The fourth-order valence-corrected chi connectivity index (χ4v) is 1.62. The summed E-state index contributed by atoms with van der Waals surface area (Å²) in [6, 6.07) is 6.99. The topological polar surface area (TPSA) is 98.9 Å². The van der Waals surface area contributed by atoms with Gasteiger partial charge in [-0.2, -0.15) is 4.90 Å². The van der Waals surface area contributed by atoms with Gasteiger partial charge < -0.3 is 15.2 Å². The molecule has 0 aliphatic heterocycles. The second-order valence-electron chi connectivity index (χ2n) is 4.01. The van der Waals surface area contributed by atoms with Crippen LogP contribution in [0.25, 0.3) is 0 Å². The van der Waals surface area contributed by atoms with Crippen molar-refractivity contribution in [2.75, 3.05) is 13.2 Å². The van der Waals surface area contributed by atoms with Crippen molar-refractivity contribution in [2.24, 2.45) is 5.73 Å². The molecule has 7 nitrogen and oxygen atoms in total. The maximum atomic E-state index is 12.4. The zero-order valence-corrected chi connectivity index (χ0v) is 12.4. The van der Waals surface area contributed by atoms with Crippen molar-refractivity contribution in [2.45, 2.75) is 13.8 Å². The molecule has 0 aliphatic carbocycles. The van der Waals surface area contributed by atoms with Crippen LogP contribution in [0.2, 0.25) is 0 Å². The van der Waals surface area contributed by atoms with Crippen LogP contribution in [0.15, 0.2) is 42.3 Å². The van der Waals surface area contributed by atoms with Gasteiger partial charge in [-0.3, -0.25) is 4.79 Å². The highest BCUT2D eigenvalue weighted by atomic mass is 16.5. The Morgan fingerprint density at radius 3 is 2.18 bits per heavy atom. The average Bonchev–Trinajstić information content (AvgIpc) is 2.48. The van der Waals surface area contributed by atoms with Crippen LogP contribution in [0.5, 0.6) is 0 Å². The molecule has 2 N–H and O–H groups in total. The number of nitrogens with two attached hydrogens (primary N) is 1. The Morgan fingerprint density at radius 1 is 1.09 bits per heavy atom. The molecule has 0 saturated heterocycles. The van der Waals surface area contributed by atoms with Gasteiger partial charge in [-0.15, -0.1) is 0 Å². The van der Waals surface area contributed by atoms with Crippen molar-refractivity contribution in [1.29, 1.82) is 0 Å². The molecule has 0 bridgehead atoms. The number of hydrogen-bond acceptors (Lipinski definition) is 5. The van der Waals surface area contributed by atoms with Crippen molar-refractivity contribution < 1.29 is 23.9 Å². The van der Waals surface area contributed by atoms with Gasteiger partial charge in [-0.1, -0.05) is 18.2 Å². The van der Waals surface area contributed by atoms with Crippen LogP contribution in [0.3, 0.4) is 0 Å². The monoisotopic (exact) mass is 306 g/mol. The van der Waals surface area contributed by atoms with Crippen LogP contribution in [0.4, 0.5) is 4.79 Å². The third-order valence-corrected chi connectivity index (χ3v) is 2.48. The molecular formula is C15H18N2O5. The van der Waals surface area contributed by atoms with E-state index in [1.165, 1.54) is 12.1 Å². The molecule has 118 valence electrons. The van der Waals surface area contributed by atoms with Gasteiger partial charge in [0.25, 0.3) is 5.91 Å². The Hall–Kier alpha value is -2.83. The molecule has 0 atom stereocenters. The number of imide groups is 1. The van der Waals surface area contributed by atoms with Gasteiger partial charge in [0.15, 0.2) is 0 Å². The molecule has 7 heteroatoms. The molecule has 0 fully saturated rings. The predicted octanol–water partition coefficient (Wildman–Crippen LogP) is 1.65. The Bertz CT molecular complexity index is 569. The number of benzene rings is 1. The zero-order valence-electron chi connectivity index (χ0n) is 12.4. The first-order valence-corrected chi connectivity index (χ1v) is 6.71. The smallest absolute Gasteiger partial charge is 0.336 e. The van der Waals surface area contributed by atoms with Gasteiger partial charge in [-0.05, 0) is 26.0 Å². The van der Waals surface area contributed by atoms with Crippen molar-refractivity contribution in [3.05, 3.63) is 47.9 Å². The average molecular weight is 306 g/mol. The largest absolute Gasteiger partial charge is 0.479 e. The first-order valence-electron chi connectivity index (χ1n) is 6.71. The summed E-state index contributed by atoms with van der Waals surface area (Å²) in [6.07, 6.45) is 0.915. The van der Waals surface area contributed by atoms with E-state index < -0.39 is 17.9 Å². The summed E-state index contributed by atoms with van der Waals surface area (Å²) in [5, 5.41) is 0. The fraction of sp³-hybridized carbons (Fsp3) is 0.267. The summed E-state index contributed by atoms with van der Waals surface area (Å²) < 4.78 is 9.94. The Balaban J connectivity index is 3.17. The molecule has 1 aromatic carbocycles. The van der Waals surface area contributed by atoms with Crippen LogP contribution in [0, 0.1) is 0 Å². The highest BCUT2D eigenvalue weighted by Crippen LogP contribution is 2.13. The van der Waals surface area contributed by atoms with Crippen LogP contribution in [0.1, 0.15) is 24.2 Å². The first kappa shape index (κ1) is 17.2. The van der Waals surface area contributed by atoms with E-state index >= 15 is 0 Å². The van der Waals surface area contributed by atoms with E-state index in [1.54, 1.807) is 32.0 Å². The molecule has 22 heavy (non-hydrogen) atoms. The standard InChI is InChI=1S/C15H18N2O5/c1-3-21-12(10-13(18)22-4-2)17(15(16)20)14(19)11-8-6-5-7-9-11/h5-10H,3-4H2,1-2H3,(H2,16,20). The molecule has 0 heterocycles. The van der Waals surface area contributed by atoms with E-state index in [4.69, 9.17) is 15.2 Å². The van der Waals surface area contributed by atoms with Gasteiger partial charge in [-0.25, -0.2) is 9.59 Å². The summed E-state index contributed by atoms with van der Waals surface area (Å²) in [7, 11) is 0. The second kappa shape index (κ2) is 8.46. The molecule has 0 aliphatic rings. The lowest BCUT2D eigenvalue weighted by molar-refractivity contribution is -0.137. The van der Waals surface area contributed by atoms with Gasteiger partial charge >= 0.3 is 12.0 Å². The number of rotatable bonds is 6. The highest BCUT2D eigenvalue weighted by Gasteiger charge is 2.26. The van der Waals surface area contributed by atoms with E-state index in [1.807, 2.05) is 0 Å². The SMILES string of the molecule is CCOC(=O)C=C(OCC)N(C(N)=O)C(=O)c1ccccc1. The number of ether oxygens (including phenoxy) is 2. The molecule has 0 aromatic heterocycles. The quantitative estimate of drug-likeness (QED) is 0.489. The van der Waals surface area contributed by atoms with Gasteiger partial charge in [0.2, 0.25) is 5.88 Å². The lowest BCUT2D eigenvalue weighted by atomic mass is 10.2. The lowest BCUT2D eigenvalue weighted by Crippen LogP contribution is -2.41. The minimum absolute atomic E-state index is 0.136. The molecule has 1 rings (SSSR count). The molecule has 0 saturated carbocycles. The number of hydrogen-bond donors (Lipinski definition) is 1. The molecule has 0 radical (unpaired) electrons. The maximum absolute atomic E-state index is 12.4. The minimum Gasteiger partial charge on any atom is -0.479 e. The van der Waals surface area contributed by atoms with E-state index in [2.05, 4.69) is 0 Å². The maximum Gasteiger partial charge on any atom is 0.336 e. The molecule has 0 unspecified atom stereocenters. The Kier molecular flexibility index (Phi) is 6.62. The normalized spacial score (nSPS) is 10.7. The number of primary amides is 1. The number of nitrogens with zero attached hydrogens (tertiary/aromatic N) is 1. The number of esters is 1. The summed E-state index contributed by atoms with van der Waals surface area (Å²) in [6.45, 7) is 3.56. The number of carbonyl (C=O) groups excluding carboxylic acids is 3. The summed E-state index contributed by atoms with van der Waals surface area (Å²) in [5.41, 5.74) is 5.48. The first-order chi connectivity index (χ1) is 10.5. The summed E-state index contributed by atoms with van der Waals surface area (Å²) in [5.74, 6) is -1.71. The molecule has 1 aromatic rings.